The van der Waals surface area contributed by atoms with Gasteiger partial charge in [0, 0.05) is 44.5 Å². The Morgan fingerprint density at radius 1 is 1.22 bits per heavy atom. The van der Waals surface area contributed by atoms with Gasteiger partial charge < -0.3 is 10.0 Å². The third kappa shape index (κ3) is 4.13. The Hall–Kier alpha value is -2.81. The van der Waals surface area contributed by atoms with Gasteiger partial charge in [-0.05, 0) is 13.0 Å². The van der Waals surface area contributed by atoms with Gasteiger partial charge in [-0.3, -0.25) is 14.4 Å². The quantitative estimate of drug-likeness (QED) is 0.858. The lowest BCUT2D eigenvalue weighted by atomic mass is 10.1. The number of nitrogens with zero attached hydrogens (tertiary/aromatic N) is 4. The number of carboxylic acids is 1. The second kappa shape index (κ2) is 7.83. The van der Waals surface area contributed by atoms with Gasteiger partial charge in [-0.15, -0.1) is 0 Å². The minimum atomic E-state index is -1.03. The van der Waals surface area contributed by atoms with Crippen LogP contribution in [-0.2, 0) is 11.3 Å². The average molecular weight is 378 g/mol. The summed E-state index contributed by atoms with van der Waals surface area (Å²) in [6.07, 6.45) is 2.78. The van der Waals surface area contributed by atoms with E-state index in [1.807, 2.05) is 4.90 Å². The summed E-state index contributed by atoms with van der Waals surface area (Å²) in [5.74, 6) is -2.96. The predicted octanol–water partition coefficient (Wildman–Crippen LogP) is 1.76. The van der Waals surface area contributed by atoms with Gasteiger partial charge in [0.15, 0.2) is 11.6 Å². The topological polar surface area (TPSA) is 78.7 Å². The van der Waals surface area contributed by atoms with E-state index in [1.165, 1.54) is 30.1 Å². The van der Waals surface area contributed by atoms with E-state index in [9.17, 15) is 18.4 Å². The number of rotatable bonds is 5. The molecule has 1 aliphatic rings. The number of hydrogen-bond acceptors (Lipinski definition) is 4. The van der Waals surface area contributed by atoms with Crippen molar-refractivity contribution in [2.24, 2.45) is 0 Å². The van der Waals surface area contributed by atoms with Crippen LogP contribution in [0.3, 0.4) is 0 Å². The highest BCUT2D eigenvalue weighted by molar-refractivity contribution is 5.93. The van der Waals surface area contributed by atoms with Crippen LogP contribution in [0.25, 0.3) is 0 Å². The molecule has 1 unspecified atom stereocenters. The van der Waals surface area contributed by atoms with Crippen molar-refractivity contribution in [3.63, 3.8) is 0 Å². The molecule has 2 aromatic rings. The third-order valence-corrected chi connectivity index (χ3v) is 4.69. The number of carboxylic acid groups (broad SMARTS) is 1. The summed E-state index contributed by atoms with van der Waals surface area (Å²) in [5.41, 5.74) is 0.617. The number of hydrogen-bond donors (Lipinski definition) is 1. The Balaban J connectivity index is 1.58. The van der Waals surface area contributed by atoms with Crippen LogP contribution >= 0.6 is 0 Å². The van der Waals surface area contributed by atoms with Crippen molar-refractivity contribution in [3.8, 4) is 0 Å². The van der Waals surface area contributed by atoms with Crippen LogP contribution in [0.1, 0.15) is 28.9 Å². The van der Waals surface area contributed by atoms with Crippen LogP contribution in [-0.4, -0.2) is 62.7 Å². The highest BCUT2D eigenvalue weighted by Crippen LogP contribution is 2.16. The zero-order valence-electron chi connectivity index (χ0n) is 14.8. The fraction of sp³-hybridized carbons (Fsp3) is 0.389. The fourth-order valence-electron chi connectivity index (χ4n) is 2.98. The van der Waals surface area contributed by atoms with Gasteiger partial charge in [-0.2, -0.15) is 5.10 Å². The molecule has 9 heteroatoms. The Morgan fingerprint density at radius 2 is 1.93 bits per heavy atom. The van der Waals surface area contributed by atoms with Crippen LogP contribution in [0, 0.1) is 11.6 Å². The van der Waals surface area contributed by atoms with E-state index in [1.54, 1.807) is 11.0 Å². The summed E-state index contributed by atoms with van der Waals surface area (Å²) < 4.78 is 28.3. The van der Waals surface area contributed by atoms with Crippen molar-refractivity contribution in [2.75, 3.05) is 26.2 Å². The molecule has 1 fully saturated rings. The van der Waals surface area contributed by atoms with Crippen molar-refractivity contribution in [1.82, 2.24) is 19.6 Å². The molecule has 7 nitrogen and oxygen atoms in total. The molecular formula is C18H20F2N4O3. The van der Waals surface area contributed by atoms with E-state index < -0.39 is 23.6 Å². The number of carbonyl (C=O) groups excluding carboxylic acids is 1. The first-order valence-electron chi connectivity index (χ1n) is 8.58. The molecule has 3 rings (SSSR count). The van der Waals surface area contributed by atoms with Crippen molar-refractivity contribution in [1.29, 1.82) is 0 Å². The molecule has 1 saturated heterocycles. The monoisotopic (exact) mass is 378 g/mol. The lowest BCUT2D eigenvalue weighted by Gasteiger charge is -2.34. The molecule has 0 radical (unpaired) electrons. The second-order valence-corrected chi connectivity index (χ2v) is 6.50. The smallest absolute Gasteiger partial charge is 0.328 e. The number of amides is 1. The van der Waals surface area contributed by atoms with Crippen molar-refractivity contribution < 1.29 is 23.5 Å². The normalized spacial score (nSPS) is 16.3. The summed E-state index contributed by atoms with van der Waals surface area (Å²) >= 11 is 0. The van der Waals surface area contributed by atoms with Gasteiger partial charge in [0.05, 0.1) is 11.8 Å². The Morgan fingerprint density at radius 3 is 2.59 bits per heavy atom. The third-order valence-electron chi connectivity index (χ3n) is 4.69. The number of aromatic nitrogens is 2. The first-order chi connectivity index (χ1) is 12.9. The summed E-state index contributed by atoms with van der Waals surface area (Å²) in [6, 6.07) is 3.25. The maximum absolute atomic E-state index is 13.8. The number of benzene rings is 1. The first kappa shape index (κ1) is 19.0. The molecule has 144 valence electrons. The van der Waals surface area contributed by atoms with Crippen molar-refractivity contribution in [2.45, 2.75) is 19.5 Å². The van der Waals surface area contributed by atoms with Crippen LogP contribution < -0.4 is 0 Å². The average Bonchev–Trinajstić information content (AvgIpc) is 3.15. The molecule has 2 heterocycles. The van der Waals surface area contributed by atoms with Gasteiger partial charge in [0.1, 0.15) is 6.04 Å². The molecule has 1 N–H and O–H groups in total. The molecule has 0 saturated carbocycles. The fourth-order valence-corrected chi connectivity index (χ4v) is 2.98. The van der Waals surface area contributed by atoms with Crippen molar-refractivity contribution >= 4 is 11.9 Å². The van der Waals surface area contributed by atoms with Crippen LogP contribution in [0.5, 0.6) is 0 Å². The molecule has 1 aromatic carbocycles. The highest BCUT2D eigenvalue weighted by atomic mass is 19.2. The zero-order valence-corrected chi connectivity index (χ0v) is 14.8. The zero-order chi connectivity index (χ0) is 19.6. The largest absolute Gasteiger partial charge is 0.480 e. The summed E-state index contributed by atoms with van der Waals surface area (Å²) in [5, 5.41) is 12.9. The van der Waals surface area contributed by atoms with Crippen molar-refractivity contribution in [3.05, 3.63) is 53.4 Å². The number of piperazine rings is 1. The molecule has 27 heavy (non-hydrogen) atoms. The van der Waals surface area contributed by atoms with Crippen LogP contribution in [0.15, 0.2) is 30.6 Å². The predicted molar refractivity (Wildman–Crippen MR) is 92.1 cm³/mol. The van der Waals surface area contributed by atoms with E-state index in [4.69, 9.17) is 5.11 Å². The number of carbonyl (C=O) groups is 2. The van der Waals surface area contributed by atoms with E-state index in [2.05, 4.69) is 5.10 Å². The Labute approximate surface area is 154 Å². The Kier molecular flexibility index (Phi) is 5.50. The first-order valence-corrected chi connectivity index (χ1v) is 8.58. The Bertz CT molecular complexity index is 847. The summed E-state index contributed by atoms with van der Waals surface area (Å²) in [7, 11) is 0. The molecule has 1 aliphatic heterocycles. The van der Waals surface area contributed by atoms with E-state index in [0.29, 0.717) is 37.3 Å². The second-order valence-electron chi connectivity index (χ2n) is 6.50. The molecule has 1 atom stereocenters. The van der Waals surface area contributed by atoms with E-state index in [-0.39, 0.29) is 12.5 Å². The van der Waals surface area contributed by atoms with Crippen LogP contribution in [0.4, 0.5) is 8.78 Å². The minimum absolute atomic E-state index is 0.226. The molecule has 0 bridgehead atoms. The maximum Gasteiger partial charge on any atom is 0.328 e. The van der Waals surface area contributed by atoms with Gasteiger partial charge >= 0.3 is 5.97 Å². The molecule has 1 aromatic heterocycles. The minimum Gasteiger partial charge on any atom is -0.480 e. The van der Waals surface area contributed by atoms with Crippen LogP contribution in [0.2, 0.25) is 0 Å². The van der Waals surface area contributed by atoms with E-state index >= 15 is 0 Å². The van der Waals surface area contributed by atoms with E-state index in [0.717, 1.165) is 6.07 Å². The van der Waals surface area contributed by atoms with Gasteiger partial charge in [0.25, 0.3) is 5.91 Å². The lowest BCUT2D eigenvalue weighted by molar-refractivity contribution is -0.140. The molecular weight excluding hydrogens is 358 g/mol. The van der Waals surface area contributed by atoms with Gasteiger partial charge in [-0.1, -0.05) is 12.1 Å². The molecule has 1 amide bonds. The maximum atomic E-state index is 13.8. The molecule has 0 aliphatic carbocycles. The van der Waals surface area contributed by atoms with Gasteiger partial charge in [-0.25, -0.2) is 13.6 Å². The highest BCUT2D eigenvalue weighted by Gasteiger charge is 2.25. The number of aliphatic carboxylic acids is 1. The number of halogens is 2. The lowest BCUT2D eigenvalue weighted by Crippen LogP contribution is -2.48. The van der Waals surface area contributed by atoms with Gasteiger partial charge in [0.2, 0.25) is 0 Å². The molecule has 0 spiro atoms. The summed E-state index contributed by atoms with van der Waals surface area (Å²) in [6.45, 7) is 3.70. The summed E-state index contributed by atoms with van der Waals surface area (Å²) in [4.78, 5) is 27.2. The standard InChI is InChI=1S/C18H20F2N4O3/c1-12(18(26)27)24-11-14(9-21-24)17(25)23-7-5-22(6-8-23)10-13-3-2-4-15(19)16(13)20/h2-4,9,11-12H,5-8,10H2,1H3,(H,26,27). The SMILES string of the molecule is CC(C(=O)O)n1cc(C(=O)N2CCN(Cc3cccc(F)c3F)CC2)cn1.